The van der Waals surface area contributed by atoms with Crippen LogP contribution in [-0.4, -0.2) is 29.2 Å². The minimum atomic E-state index is -0.0516. The van der Waals surface area contributed by atoms with Gasteiger partial charge >= 0.3 is 0 Å². The Kier molecular flexibility index (Phi) is 4.46. The van der Waals surface area contributed by atoms with E-state index in [1.54, 1.807) is 0 Å². The Morgan fingerprint density at radius 3 is 2.74 bits per heavy atom. The molecular formula is C14H22BrN3O. The Morgan fingerprint density at radius 2 is 2.16 bits per heavy atom. The molecule has 1 fully saturated rings. The van der Waals surface area contributed by atoms with Gasteiger partial charge in [-0.3, -0.25) is 0 Å². The summed E-state index contributed by atoms with van der Waals surface area (Å²) in [5, 5.41) is 3.41. The standard InChI is InChI=1S/C14H22BrN3O/c1-9-10(5-6-19-9)8-16-12-7-11(15)17-13(18-12)14(2,3)4/h7,9-10H,5-6,8H2,1-4H3,(H,16,17,18). The van der Waals surface area contributed by atoms with E-state index in [4.69, 9.17) is 4.74 Å². The van der Waals surface area contributed by atoms with Gasteiger partial charge in [0.25, 0.3) is 0 Å². The SMILES string of the molecule is CC1OCCC1CNc1cc(Br)nc(C(C)(C)C)n1. The van der Waals surface area contributed by atoms with E-state index >= 15 is 0 Å². The zero-order valence-corrected chi connectivity index (χ0v) is 13.6. The van der Waals surface area contributed by atoms with Crippen molar-refractivity contribution >= 4 is 21.7 Å². The maximum atomic E-state index is 5.57. The third kappa shape index (κ3) is 3.89. The molecule has 0 spiro atoms. The van der Waals surface area contributed by atoms with Gasteiger partial charge in [-0.2, -0.15) is 0 Å². The molecule has 0 saturated carbocycles. The van der Waals surface area contributed by atoms with Crippen LogP contribution in [0.25, 0.3) is 0 Å². The van der Waals surface area contributed by atoms with Crippen molar-refractivity contribution in [2.45, 2.75) is 45.6 Å². The molecule has 2 atom stereocenters. The van der Waals surface area contributed by atoms with Crippen LogP contribution in [0, 0.1) is 5.92 Å². The van der Waals surface area contributed by atoms with E-state index in [2.05, 4.69) is 58.9 Å². The summed E-state index contributed by atoms with van der Waals surface area (Å²) >= 11 is 3.46. The van der Waals surface area contributed by atoms with Gasteiger partial charge in [0.05, 0.1) is 6.10 Å². The largest absolute Gasteiger partial charge is 0.378 e. The molecule has 2 heterocycles. The monoisotopic (exact) mass is 327 g/mol. The van der Waals surface area contributed by atoms with Gasteiger partial charge in [-0.1, -0.05) is 20.8 Å². The van der Waals surface area contributed by atoms with Gasteiger partial charge in [-0.15, -0.1) is 0 Å². The average molecular weight is 328 g/mol. The second-order valence-corrected chi connectivity index (χ2v) is 6.97. The van der Waals surface area contributed by atoms with Gasteiger partial charge in [0.2, 0.25) is 0 Å². The summed E-state index contributed by atoms with van der Waals surface area (Å²) in [4.78, 5) is 9.04. The first kappa shape index (κ1) is 14.7. The highest BCUT2D eigenvalue weighted by Crippen LogP contribution is 2.24. The third-order valence-corrected chi connectivity index (χ3v) is 3.85. The zero-order valence-electron chi connectivity index (χ0n) is 12.0. The van der Waals surface area contributed by atoms with Gasteiger partial charge in [-0.25, -0.2) is 9.97 Å². The molecule has 0 bridgehead atoms. The molecule has 1 aromatic rings. The van der Waals surface area contributed by atoms with Crippen molar-refractivity contribution in [1.82, 2.24) is 9.97 Å². The van der Waals surface area contributed by atoms with Gasteiger partial charge in [0.1, 0.15) is 16.2 Å². The van der Waals surface area contributed by atoms with Crippen molar-refractivity contribution in [3.8, 4) is 0 Å². The van der Waals surface area contributed by atoms with E-state index in [1.807, 2.05) is 6.07 Å². The topological polar surface area (TPSA) is 47.0 Å². The number of anilines is 1. The first-order chi connectivity index (χ1) is 8.86. The molecule has 2 unspecified atom stereocenters. The highest BCUT2D eigenvalue weighted by Gasteiger charge is 2.24. The summed E-state index contributed by atoms with van der Waals surface area (Å²) < 4.78 is 6.40. The fourth-order valence-corrected chi connectivity index (χ4v) is 2.51. The summed E-state index contributed by atoms with van der Waals surface area (Å²) in [6.45, 7) is 10.3. The zero-order chi connectivity index (χ0) is 14.0. The predicted octanol–water partition coefficient (Wildman–Crippen LogP) is 3.37. The van der Waals surface area contributed by atoms with Gasteiger partial charge < -0.3 is 10.1 Å². The fourth-order valence-electron chi connectivity index (χ4n) is 2.12. The molecule has 0 aromatic carbocycles. The number of nitrogens with zero attached hydrogens (tertiary/aromatic N) is 2. The van der Waals surface area contributed by atoms with E-state index in [9.17, 15) is 0 Å². The van der Waals surface area contributed by atoms with Crippen LogP contribution in [0.5, 0.6) is 0 Å². The second kappa shape index (κ2) is 5.75. The number of hydrogen-bond donors (Lipinski definition) is 1. The number of nitrogens with one attached hydrogen (secondary N) is 1. The summed E-state index contributed by atoms with van der Waals surface area (Å²) in [6, 6.07) is 1.93. The van der Waals surface area contributed by atoms with Gasteiger partial charge in [0.15, 0.2) is 0 Å². The fraction of sp³-hybridized carbons (Fsp3) is 0.714. The quantitative estimate of drug-likeness (QED) is 0.864. The molecule has 0 amide bonds. The molecule has 106 valence electrons. The van der Waals surface area contributed by atoms with E-state index in [0.29, 0.717) is 12.0 Å². The van der Waals surface area contributed by atoms with Crippen LogP contribution in [0.1, 0.15) is 39.9 Å². The van der Waals surface area contributed by atoms with Crippen molar-refractivity contribution in [2.24, 2.45) is 5.92 Å². The number of rotatable bonds is 3. The van der Waals surface area contributed by atoms with Crippen LogP contribution >= 0.6 is 15.9 Å². The number of ether oxygens (including phenoxy) is 1. The van der Waals surface area contributed by atoms with E-state index in [1.165, 1.54) is 0 Å². The maximum Gasteiger partial charge on any atom is 0.137 e. The lowest BCUT2D eigenvalue weighted by Crippen LogP contribution is -2.22. The maximum absolute atomic E-state index is 5.57. The normalized spacial score (nSPS) is 23.6. The van der Waals surface area contributed by atoms with Crippen molar-refractivity contribution in [2.75, 3.05) is 18.5 Å². The minimum Gasteiger partial charge on any atom is -0.378 e. The van der Waals surface area contributed by atoms with E-state index in [0.717, 1.165) is 35.8 Å². The van der Waals surface area contributed by atoms with Crippen LogP contribution in [0.2, 0.25) is 0 Å². The lowest BCUT2D eigenvalue weighted by Gasteiger charge is -2.19. The smallest absolute Gasteiger partial charge is 0.137 e. The summed E-state index contributed by atoms with van der Waals surface area (Å²) in [5.74, 6) is 2.29. The molecule has 1 aromatic heterocycles. The van der Waals surface area contributed by atoms with Crippen molar-refractivity contribution in [1.29, 1.82) is 0 Å². The molecular weight excluding hydrogens is 306 g/mol. The Labute approximate surface area is 123 Å². The summed E-state index contributed by atoms with van der Waals surface area (Å²) in [5.41, 5.74) is -0.0516. The molecule has 19 heavy (non-hydrogen) atoms. The number of hydrogen-bond acceptors (Lipinski definition) is 4. The molecule has 0 radical (unpaired) electrons. The Balaban J connectivity index is 2.06. The van der Waals surface area contributed by atoms with Crippen LogP contribution in [0.3, 0.4) is 0 Å². The average Bonchev–Trinajstić information content (AvgIpc) is 2.70. The molecule has 2 rings (SSSR count). The molecule has 0 aliphatic carbocycles. The molecule has 1 aliphatic rings. The van der Waals surface area contributed by atoms with Crippen LogP contribution < -0.4 is 5.32 Å². The first-order valence-corrected chi connectivity index (χ1v) is 7.56. The number of aromatic nitrogens is 2. The van der Waals surface area contributed by atoms with Crippen LogP contribution in [-0.2, 0) is 10.2 Å². The summed E-state index contributed by atoms with van der Waals surface area (Å²) in [7, 11) is 0. The Hall–Kier alpha value is -0.680. The molecule has 5 heteroatoms. The Morgan fingerprint density at radius 1 is 1.42 bits per heavy atom. The molecule has 1 aliphatic heterocycles. The molecule has 1 saturated heterocycles. The van der Waals surface area contributed by atoms with Gasteiger partial charge in [0, 0.05) is 30.6 Å². The van der Waals surface area contributed by atoms with Crippen LogP contribution in [0.15, 0.2) is 10.7 Å². The molecule has 1 N–H and O–H groups in total. The van der Waals surface area contributed by atoms with Crippen LogP contribution in [0.4, 0.5) is 5.82 Å². The lowest BCUT2D eigenvalue weighted by molar-refractivity contribution is 0.108. The minimum absolute atomic E-state index is 0.0516. The summed E-state index contributed by atoms with van der Waals surface area (Å²) in [6.07, 6.45) is 1.45. The van der Waals surface area contributed by atoms with Gasteiger partial charge in [-0.05, 0) is 29.3 Å². The lowest BCUT2D eigenvalue weighted by atomic mass is 9.96. The second-order valence-electron chi connectivity index (χ2n) is 6.16. The highest BCUT2D eigenvalue weighted by atomic mass is 79.9. The highest BCUT2D eigenvalue weighted by molar-refractivity contribution is 9.10. The first-order valence-electron chi connectivity index (χ1n) is 6.77. The molecule has 4 nitrogen and oxygen atoms in total. The predicted molar refractivity (Wildman–Crippen MR) is 80.4 cm³/mol. The number of halogens is 1. The van der Waals surface area contributed by atoms with Crippen molar-refractivity contribution < 1.29 is 4.74 Å². The van der Waals surface area contributed by atoms with Crippen molar-refractivity contribution in [3.63, 3.8) is 0 Å². The Bertz CT molecular complexity index is 445. The van der Waals surface area contributed by atoms with E-state index < -0.39 is 0 Å². The van der Waals surface area contributed by atoms with E-state index in [-0.39, 0.29) is 5.41 Å². The van der Waals surface area contributed by atoms with Crippen molar-refractivity contribution in [3.05, 3.63) is 16.5 Å². The third-order valence-electron chi connectivity index (χ3n) is 3.44.